The van der Waals surface area contributed by atoms with Crippen molar-refractivity contribution in [2.75, 3.05) is 5.73 Å². The third kappa shape index (κ3) is 2.58. The number of benzene rings is 2. The maximum atomic E-state index is 14.0. The number of aryl methyl sites for hydroxylation is 1. The highest BCUT2D eigenvalue weighted by molar-refractivity contribution is 5.74. The van der Waals surface area contributed by atoms with Gasteiger partial charge >= 0.3 is 0 Å². The fraction of sp³-hybridized carbons (Fsp3) is 0.0588. The van der Waals surface area contributed by atoms with Gasteiger partial charge in [0.1, 0.15) is 40.6 Å². The highest BCUT2D eigenvalue weighted by Gasteiger charge is 2.21. The van der Waals surface area contributed by atoms with E-state index in [-0.39, 0.29) is 22.6 Å². The van der Waals surface area contributed by atoms with Crippen LogP contribution in [0.4, 0.5) is 19.0 Å². The second kappa shape index (κ2) is 5.74. The first kappa shape index (κ1) is 15.6. The van der Waals surface area contributed by atoms with Crippen LogP contribution >= 0.6 is 0 Å². The minimum atomic E-state index is -0.869. The molecule has 7 heteroatoms. The molecule has 3 aromatic rings. The van der Waals surface area contributed by atoms with E-state index in [0.717, 1.165) is 10.7 Å². The maximum Gasteiger partial charge on any atom is 0.145 e. The highest BCUT2D eigenvalue weighted by Crippen LogP contribution is 2.31. The minimum Gasteiger partial charge on any atom is -0.382 e. The summed E-state index contributed by atoms with van der Waals surface area (Å²) in [6, 6.07) is 8.93. The molecule has 0 fully saturated rings. The van der Waals surface area contributed by atoms with Crippen molar-refractivity contribution in [1.82, 2.24) is 9.78 Å². The van der Waals surface area contributed by atoms with Gasteiger partial charge in [-0.15, -0.1) is 0 Å². The number of aromatic nitrogens is 2. The summed E-state index contributed by atoms with van der Waals surface area (Å²) in [5.41, 5.74) is 6.69. The van der Waals surface area contributed by atoms with E-state index >= 15 is 0 Å². The number of hydrogen-bond donors (Lipinski definition) is 1. The van der Waals surface area contributed by atoms with Crippen LogP contribution in [0.5, 0.6) is 0 Å². The Morgan fingerprint density at radius 2 is 1.83 bits per heavy atom. The van der Waals surface area contributed by atoms with Crippen molar-refractivity contribution in [1.29, 1.82) is 5.26 Å². The van der Waals surface area contributed by atoms with Gasteiger partial charge in [-0.2, -0.15) is 10.4 Å². The molecule has 1 aromatic heterocycles. The van der Waals surface area contributed by atoms with Crippen LogP contribution in [0, 0.1) is 35.7 Å². The van der Waals surface area contributed by atoms with Crippen LogP contribution in [0.25, 0.3) is 16.9 Å². The first-order valence-corrected chi connectivity index (χ1v) is 6.92. The molecule has 0 unspecified atom stereocenters. The molecule has 0 aliphatic carbocycles. The molecule has 3 rings (SSSR count). The zero-order valence-electron chi connectivity index (χ0n) is 12.5. The second-order valence-corrected chi connectivity index (χ2v) is 5.24. The van der Waals surface area contributed by atoms with Crippen LogP contribution < -0.4 is 5.73 Å². The number of nitrogen functional groups attached to an aromatic ring is 1. The van der Waals surface area contributed by atoms with E-state index in [1.807, 2.05) is 6.07 Å². The van der Waals surface area contributed by atoms with E-state index in [1.54, 1.807) is 13.0 Å². The summed E-state index contributed by atoms with van der Waals surface area (Å²) in [4.78, 5) is 0. The number of nitrogens with two attached hydrogens (primary N) is 1. The van der Waals surface area contributed by atoms with Crippen LogP contribution in [0.1, 0.15) is 11.1 Å². The lowest BCUT2D eigenvalue weighted by Gasteiger charge is -2.05. The molecule has 120 valence electrons. The average molecular weight is 328 g/mol. The van der Waals surface area contributed by atoms with Gasteiger partial charge in [0.05, 0.1) is 5.69 Å². The molecule has 0 bridgehead atoms. The predicted molar refractivity (Wildman–Crippen MR) is 82.7 cm³/mol. The fourth-order valence-electron chi connectivity index (χ4n) is 2.45. The summed E-state index contributed by atoms with van der Waals surface area (Å²) in [6.45, 7) is 1.69. The highest BCUT2D eigenvalue weighted by atomic mass is 19.1. The van der Waals surface area contributed by atoms with E-state index in [0.29, 0.717) is 17.3 Å². The summed E-state index contributed by atoms with van der Waals surface area (Å²) in [6.07, 6.45) is 0. The van der Waals surface area contributed by atoms with E-state index in [1.165, 1.54) is 18.2 Å². The summed E-state index contributed by atoms with van der Waals surface area (Å²) in [7, 11) is 0. The van der Waals surface area contributed by atoms with Crippen molar-refractivity contribution in [3.8, 4) is 23.0 Å². The molecule has 0 spiro atoms. The van der Waals surface area contributed by atoms with Crippen molar-refractivity contribution in [2.45, 2.75) is 6.92 Å². The SMILES string of the molecule is Cc1cc(F)cc(-n2nc(-c3ccc(F)cc3F)c(C#N)c2N)c1. The lowest BCUT2D eigenvalue weighted by atomic mass is 10.1. The molecule has 0 saturated carbocycles. The van der Waals surface area contributed by atoms with Gasteiger partial charge in [-0.05, 0) is 42.8 Å². The Labute approximate surface area is 135 Å². The molecule has 0 saturated heterocycles. The Morgan fingerprint density at radius 1 is 1.08 bits per heavy atom. The molecule has 0 aliphatic heterocycles. The van der Waals surface area contributed by atoms with Crippen molar-refractivity contribution < 1.29 is 13.2 Å². The van der Waals surface area contributed by atoms with Crippen LogP contribution in [0.2, 0.25) is 0 Å². The molecule has 0 amide bonds. The molecular formula is C17H11F3N4. The van der Waals surface area contributed by atoms with Crippen LogP contribution in [-0.4, -0.2) is 9.78 Å². The van der Waals surface area contributed by atoms with Gasteiger partial charge < -0.3 is 5.73 Å². The molecule has 2 aromatic carbocycles. The van der Waals surface area contributed by atoms with Gasteiger partial charge in [-0.25, -0.2) is 17.9 Å². The molecule has 4 nitrogen and oxygen atoms in total. The van der Waals surface area contributed by atoms with Gasteiger partial charge in [0.2, 0.25) is 0 Å². The Bertz CT molecular complexity index is 966. The standard InChI is InChI=1S/C17H11F3N4/c1-9-4-11(19)6-12(5-9)24-17(22)14(8-21)16(23-24)13-3-2-10(18)7-15(13)20/h2-7H,22H2,1H3. The quantitative estimate of drug-likeness (QED) is 0.779. The minimum absolute atomic E-state index is 0.0329. The lowest BCUT2D eigenvalue weighted by molar-refractivity contribution is 0.585. The topological polar surface area (TPSA) is 67.6 Å². The second-order valence-electron chi connectivity index (χ2n) is 5.24. The first-order valence-electron chi connectivity index (χ1n) is 6.92. The summed E-state index contributed by atoms with van der Waals surface area (Å²) in [5, 5.41) is 13.5. The molecule has 0 radical (unpaired) electrons. The van der Waals surface area contributed by atoms with Crippen molar-refractivity contribution >= 4 is 5.82 Å². The summed E-state index contributed by atoms with van der Waals surface area (Å²) in [5.74, 6) is -2.16. The van der Waals surface area contributed by atoms with Crippen LogP contribution in [0.15, 0.2) is 36.4 Å². The molecule has 0 atom stereocenters. The Balaban J connectivity index is 2.25. The molecule has 2 N–H and O–H groups in total. The number of hydrogen-bond acceptors (Lipinski definition) is 3. The number of nitrogens with zero attached hydrogens (tertiary/aromatic N) is 3. The van der Waals surface area contributed by atoms with E-state index in [2.05, 4.69) is 5.10 Å². The zero-order valence-corrected chi connectivity index (χ0v) is 12.5. The number of rotatable bonds is 2. The molecule has 0 aliphatic rings. The normalized spacial score (nSPS) is 10.6. The summed E-state index contributed by atoms with van der Waals surface area (Å²) < 4.78 is 41.9. The zero-order chi connectivity index (χ0) is 17.4. The largest absolute Gasteiger partial charge is 0.382 e. The van der Waals surface area contributed by atoms with E-state index < -0.39 is 17.5 Å². The molecule has 1 heterocycles. The van der Waals surface area contributed by atoms with E-state index in [9.17, 15) is 18.4 Å². The third-order valence-corrected chi connectivity index (χ3v) is 3.49. The van der Waals surface area contributed by atoms with Crippen molar-refractivity contribution in [3.63, 3.8) is 0 Å². The van der Waals surface area contributed by atoms with Gasteiger partial charge in [-0.3, -0.25) is 0 Å². The smallest absolute Gasteiger partial charge is 0.145 e. The van der Waals surface area contributed by atoms with E-state index in [4.69, 9.17) is 5.73 Å². The average Bonchev–Trinajstić information content (AvgIpc) is 2.83. The lowest BCUT2D eigenvalue weighted by Crippen LogP contribution is -2.03. The first-order chi connectivity index (χ1) is 11.4. The van der Waals surface area contributed by atoms with Gasteiger partial charge in [0, 0.05) is 11.6 Å². The maximum absolute atomic E-state index is 14.0. The molecule has 24 heavy (non-hydrogen) atoms. The third-order valence-electron chi connectivity index (χ3n) is 3.49. The van der Waals surface area contributed by atoms with Crippen molar-refractivity contribution in [2.24, 2.45) is 0 Å². The summed E-state index contributed by atoms with van der Waals surface area (Å²) >= 11 is 0. The van der Waals surface area contributed by atoms with Gasteiger partial charge in [0.25, 0.3) is 0 Å². The fourth-order valence-corrected chi connectivity index (χ4v) is 2.45. The number of nitriles is 1. The Morgan fingerprint density at radius 3 is 2.46 bits per heavy atom. The monoisotopic (exact) mass is 328 g/mol. The number of halogens is 3. The predicted octanol–water partition coefficient (Wildman–Crippen LogP) is 3.72. The molecular weight excluding hydrogens is 317 g/mol. The Hall–Kier alpha value is -3.27. The van der Waals surface area contributed by atoms with Crippen molar-refractivity contribution in [3.05, 3.63) is 65.0 Å². The van der Waals surface area contributed by atoms with Crippen LogP contribution in [-0.2, 0) is 0 Å². The Kier molecular flexibility index (Phi) is 3.73. The van der Waals surface area contributed by atoms with Gasteiger partial charge in [0.15, 0.2) is 0 Å². The van der Waals surface area contributed by atoms with Crippen LogP contribution in [0.3, 0.4) is 0 Å². The van der Waals surface area contributed by atoms with Gasteiger partial charge in [-0.1, -0.05) is 0 Å². The number of anilines is 1.